The third-order valence-corrected chi connectivity index (χ3v) is 3.95. The molecule has 0 bridgehead atoms. The zero-order valence-electron chi connectivity index (χ0n) is 11.2. The summed E-state index contributed by atoms with van der Waals surface area (Å²) in [4.78, 5) is 2.35. The molecule has 106 valence electrons. The van der Waals surface area contributed by atoms with Crippen LogP contribution in [0, 0.1) is 0 Å². The normalized spacial score (nSPS) is 18.8. The first-order valence-electron chi connectivity index (χ1n) is 7.03. The summed E-state index contributed by atoms with van der Waals surface area (Å²) >= 11 is 3.39. The first-order chi connectivity index (χ1) is 9.24. The zero-order chi connectivity index (χ0) is 13.5. The minimum Gasteiger partial charge on any atom is -0.491 e. The quantitative estimate of drug-likeness (QED) is 0.902. The third kappa shape index (κ3) is 5.51. The van der Waals surface area contributed by atoms with Crippen molar-refractivity contribution in [2.24, 2.45) is 0 Å². The van der Waals surface area contributed by atoms with Gasteiger partial charge in [-0.25, -0.2) is 0 Å². The van der Waals surface area contributed by atoms with Crippen LogP contribution in [0.4, 0.5) is 0 Å². The fourth-order valence-electron chi connectivity index (χ4n) is 2.39. The molecular formula is C15H22BrNO2. The molecule has 1 atom stereocenters. The van der Waals surface area contributed by atoms with E-state index in [0.29, 0.717) is 6.61 Å². The maximum Gasteiger partial charge on any atom is 0.119 e. The second-order valence-electron chi connectivity index (χ2n) is 5.13. The summed E-state index contributed by atoms with van der Waals surface area (Å²) in [6, 6.07) is 7.69. The van der Waals surface area contributed by atoms with Gasteiger partial charge in [0.05, 0.1) is 0 Å². The SMILES string of the molecule is O[C@@H](COc1ccc(Br)cc1)CN1CCCCCC1. The molecule has 0 saturated carbocycles. The number of rotatable bonds is 5. The van der Waals surface area contributed by atoms with E-state index in [4.69, 9.17) is 4.74 Å². The molecule has 19 heavy (non-hydrogen) atoms. The smallest absolute Gasteiger partial charge is 0.119 e. The molecule has 0 aliphatic carbocycles. The van der Waals surface area contributed by atoms with Crippen molar-refractivity contribution in [3.8, 4) is 5.75 Å². The van der Waals surface area contributed by atoms with Gasteiger partial charge in [0, 0.05) is 11.0 Å². The lowest BCUT2D eigenvalue weighted by atomic mass is 10.2. The first kappa shape index (κ1) is 14.8. The molecule has 3 nitrogen and oxygen atoms in total. The third-order valence-electron chi connectivity index (χ3n) is 3.42. The van der Waals surface area contributed by atoms with Crippen molar-refractivity contribution in [1.29, 1.82) is 0 Å². The number of aliphatic hydroxyl groups is 1. The molecule has 0 amide bonds. The predicted molar refractivity (Wildman–Crippen MR) is 80.6 cm³/mol. The monoisotopic (exact) mass is 327 g/mol. The molecule has 1 saturated heterocycles. The number of nitrogens with zero attached hydrogens (tertiary/aromatic N) is 1. The van der Waals surface area contributed by atoms with Gasteiger partial charge in [-0.1, -0.05) is 28.8 Å². The second kappa shape index (κ2) is 7.88. The van der Waals surface area contributed by atoms with Gasteiger partial charge in [0.15, 0.2) is 0 Å². The predicted octanol–water partition coefficient (Wildman–Crippen LogP) is 3.06. The van der Waals surface area contributed by atoms with Gasteiger partial charge in [-0.05, 0) is 50.2 Å². The number of hydrogen-bond donors (Lipinski definition) is 1. The number of likely N-dealkylation sites (tertiary alicyclic amines) is 1. The van der Waals surface area contributed by atoms with Gasteiger partial charge in [0.25, 0.3) is 0 Å². The number of hydrogen-bond acceptors (Lipinski definition) is 3. The molecule has 1 N–H and O–H groups in total. The van der Waals surface area contributed by atoms with E-state index >= 15 is 0 Å². The molecule has 0 unspecified atom stereocenters. The molecular weight excluding hydrogens is 306 g/mol. The van der Waals surface area contributed by atoms with E-state index in [1.165, 1.54) is 25.7 Å². The van der Waals surface area contributed by atoms with Gasteiger partial charge in [0.1, 0.15) is 18.5 Å². The average Bonchev–Trinajstić information content (AvgIpc) is 2.67. The van der Waals surface area contributed by atoms with E-state index in [1.54, 1.807) is 0 Å². The van der Waals surface area contributed by atoms with Crippen molar-refractivity contribution in [2.75, 3.05) is 26.2 Å². The van der Waals surface area contributed by atoms with Crippen LogP contribution in [0.2, 0.25) is 0 Å². The minimum absolute atomic E-state index is 0.359. The van der Waals surface area contributed by atoms with Crippen LogP contribution in [0.15, 0.2) is 28.7 Å². The summed E-state index contributed by atoms with van der Waals surface area (Å²) in [5.41, 5.74) is 0. The molecule has 1 aromatic carbocycles. The van der Waals surface area contributed by atoms with Crippen molar-refractivity contribution in [3.63, 3.8) is 0 Å². The minimum atomic E-state index is -0.415. The molecule has 0 aromatic heterocycles. The first-order valence-corrected chi connectivity index (χ1v) is 7.82. The van der Waals surface area contributed by atoms with Crippen molar-refractivity contribution < 1.29 is 9.84 Å². The second-order valence-corrected chi connectivity index (χ2v) is 6.05. The highest BCUT2D eigenvalue weighted by molar-refractivity contribution is 9.10. The van der Waals surface area contributed by atoms with Crippen molar-refractivity contribution in [3.05, 3.63) is 28.7 Å². The van der Waals surface area contributed by atoms with Gasteiger partial charge in [-0.15, -0.1) is 0 Å². The topological polar surface area (TPSA) is 32.7 Å². The molecule has 1 aliphatic heterocycles. The summed E-state index contributed by atoms with van der Waals surface area (Å²) in [5.74, 6) is 0.804. The summed E-state index contributed by atoms with van der Waals surface area (Å²) < 4.78 is 6.63. The zero-order valence-corrected chi connectivity index (χ0v) is 12.8. The summed E-state index contributed by atoms with van der Waals surface area (Å²) in [6.45, 7) is 3.29. The van der Waals surface area contributed by atoms with Gasteiger partial charge in [0.2, 0.25) is 0 Å². The molecule has 2 rings (SSSR count). The molecule has 1 aromatic rings. The Hall–Kier alpha value is -0.580. The lowest BCUT2D eigenvalue weighted by molar-refractivity contribution is 0.0693. The number of halogens is 1. The number of β-amino-alcohol motifs (C(OH)–C–C–N with tert-alkyl or cyclic N) is 1. The van der Waals surface area contributed by atoms with E-state index in [0.717, 1.165) is 29.9 Å². The van der Waals surface area contributed by atoms with Crippen LogP contribution in [0.25, 0.3) is 0 Å². The van der Waals surface area contributed by atoms with E-state index in [2.05, 4.69) is 20.8 Å². The summed E-state index contributed by atoms with van der Waals surface area (Å²) in [5, 5.41) is 10.0. The highest BCUT2D eigenvalue weighted by atomic mass is 79.9. The van der Waals surface area contributed by atoms with E-state index in [9.17, 15) is 5.11 Å². The fourth-order valence-corrected chi connectivity index (χ4v) is 2.66. The lowest BCUT2D eigenvalue weighted by Gasteiger charge is -2.23. The summed E-state index contributed by atoms with van der Waals surface area (Å²) in [7, 11) is 0. The molecule has 1 fully saturated rings. The molecule has 0 spiro atoms. The Morgan fingerprint density at radius 3 is 2.37 bits per heavy atom. The molecule has 1 aliphatic rings. The number of ether oxygens (including phenoxy) is 1. The fraction of sp³-hybridized carbons (Fsp3) is 0.600. The van der Waals surface area contributed by atoms with Gasteiger partial charge >= 0.3 is 0 Å². The van der Waals surface area contributed by atoms with Crippen LogP contribution in [-0.2, 0) is 0 Å². The highest BCUT2D eigenvalue weighted by Gasteiger charge is 2.14. The Kier molecular flexibility index (Phi) is 6.14. The van der Waals surface area contributed by atoms with E-state index in [1.807, 2.05) is 24.3 Å². The van der Waals surface area contributed by atoms with Crippen LogP contribution in [0.5, 0.6) is 5.75 Å². The van der Waals surface area contributed by atoms with Crippen LogP contribution < -0.4 is 4.74 Å². The van der Waals surface area contributed by atoms with E-state index in [-0.39, 0.29) is 0 Å². The Labute approximate surface area is 123 Å². The lowest BCUT2D eigenvalue weighted by Crippen LogP contribution is -2.36. The molecule has 4 heteroatoms. The number of benzene rings is 1. The maximum absolute atomic E-state index is 10.0. The van der Waals surface area contributed by atoms with Crippen molar-refractivity contribution in [1.82, 2.24) is 4.90 Å². The van der Waals surface area contributed by atoms with Crippen molar-refractivity contribution in [2.45, 2.75) is 31.8 Å². The molecule has 1 heterocycles. The van der Waals surface area contributed by atoms with Crippen LogP contribution in [-0.4, -0.2) is 42.4 Å². The van der Waals surface area contributed by atoms with E-state index < -0.39 is 6.10 Å². The van der Waals surface area contributed by atoms with Gasteiger partial charge in [-0.2, -0.15) is 0 Å². The Balaban J connectivity index is 1.71. The van der Waals surface area contributed by atoms with Crippen LogP contribution >= 0.6 is 15.9 Å². The maximum atomic E-state index is 10.0. The Bertz CT molecular complexity index is 361. The highest BCUT2D eigenvalue weighted by Crippen LogP contribution is 2.16. The Morgan fingerprint density at radius 2 is 1.74 bits per heavy atom. The van der Waals surface area contributed by atoms with Crippen LogP contribution in [0.1, 0.15) is 25.7 Å². The summed E-state index contributed by atoms with van der Waals surface area (Å²) in [6.07, 6.45) is 4.73. The van der Waals surface area contributed by atoms with Crippen LogP contribution in [0.3, 0.4) is 0 Å². The van der Waals surface area contributed by atoms with Crippen molar-refractivity contribution >= 4 is 15.9 Å². The van der Waals surface area contributed by atoms with Gasteiger partial charge < -0.3 is 14.7 Å². The largest absolute Gasteiger partial charge is 0.491 e. The van der Waals surface area contributed by atoms with Gasteiger partial charge in [-0.3, -0.25) is 0 Å². The number of aliphatic hydroxyl groups excluding tert-OH is 1. The molecule has 0 radical (unpaired) electrons. The Morgan fingerprint density at radius 1 is 1.11 bits per heavy atom. The standard InChI is InChI=1S/C15H22BrNO2/c16-13-5-7-15(8-6-13)19-12-14(18)11-17-9-3-1-2-4-10-17/h5-8,14,18H,1-4,9-12H2/t14-/m1/s1. The average molecular weight is 328 g/mol.